The number of hydrogen-bond donors (Lipinski definition) is 1. The van der Waals surface area contributed by atoms with Gasteiger partial charge in [0.15, 0.2) is 0 Å². The summed E-state index contributed by atoms with van der Waals surface area (Å²) in [5.74, 6) is -0.683. The smallest absolute Gasteiger partial charge is 0.147 e. The van der Waals surface area contributed by atoms with Crippen LogP contribution in [0.1, 0.15) is 11.8 Å². The number of nitrogens with zero attached hydrogens (tertiary/aromatic N) is 1. The van der Waals surface area contributed by atoms with Crippen molar-refractivity contribution in [1.29, 1.82) is 0 Å². The minimum Gasteiger partial charge on any atom is -0.384 e. The van der Waals surface area contributed by atoms with Gasteiger partial charge in [0.25, 0.3) is 0 Å². The molecule has 0 saturated heterocycles. The maximum Gasteiger partial charge on any atom is 0.147 e. The van der Waals surface area contributed by atoms with Crippen LogP contribution >= 0.6 is 0 Å². The Bertz CT molecular complexity index is 242. The van der Waals surface area contributed by atoms with Crippen LogP contribution in [0.3, 0.4) is 0 Å². The number of alkyl halides is 1. The zero-order valence-corrected chi connectivity index (χ0v) is 5.67. The van der Waals surface area contributed by atoms with Crippen molar-refractivity contribution in [3.05, 3.63) is 29.8 Å². The Morgan fingerprint density at radius 2 is 2.36 bits per heavy atom. The summed E-state index contributed by atoms with van der Waals surface area (Å²) in [4.78, 5) is 3.48. The van der Waals surface area contributed by atoms with E-state index in [0.29, 0.717) is 0 Å². The molecule has 0 fully saturated rings. The lowest BCUT2D eigenvalue weighted by Gasteiger charge is -2.04. The first kappa shape index (κ1) is 8.07. The molecule has 0 saturated carbocycles. The van der Waals surface area contributed by atoms with E-state index in [1.807, 2.05) is 0 Å². The third-order valence-corrected chi connectivity index (χ3v) is 1.25. The SMILES string of the molecule is OC(CF)c1ncccc1F. The monoisotopic (exact) mass is 159 g/mol. The van der Waals surface area contributed by atoms with E-state index in [1.54, 1.807) is 0 Å². The average molecular weight is 159 g/mol. The third kappa shape index (κ3) is 1.71. The molecule has 0 aliphatic carbocycles. The molecule has 0 aliphatic heterocycles. The lowest BCUT2D eigenvalue weighted by molar-refractivity contribution is 0.133. The minimum absolute atomic E-state index is 0.241. The summed E-state index contributed by atoms with van der Waals surface area (Å²) >= 11 is 0. The number of aromatic nitrogens is 1. The zero-order valence-electron chi connectivity index (χ0n) is 5.67. The Morgan fingerprint density at radius 3 is 2.91 bits per heavy atom. The molecule has 60 valence electrons. The van der Waals surface area contributed by atoms with Gasteiger partial charge in [-0.3, -0.25) is 4.98 Å². The van der Waals surface area contributed by atoms with Gasteiger partial charge in [0.2, 0.25) is 0 Å². The maximum absolute atomic E-state index is 12.6. The number of aliphatic hydroxyl groups excluding tert-OH is 1. The number of aliphatic hydroxyl groups is 1. The van der Waals surface area contributed by atoms with Crippen LogP contribution in [-0.2, 0) is 0 Å². The van der Waals surface area contributed by atoms with Crippen LogP contribution in [0.4, 0.5) is 8.78 Å². The summed E-state index contributed by atoms with van der Waals surface area (Å²) in [7, 11) is 0. The van der Waals surface area contributed by atoms with Gasteiger partial charge in [-0.2, -0.15) is 0 Å². The van der Waals surface area contributed by atoms with Crippen molar-refractivity contribution < 1.29 is 13.9 Å². The van der Waals surface area contributed by atoms with Gasteiger partial charge in [-0.15, -0.1) is 0 Å². The van der Waals surface area contributed by atoms with Gasteiger partial charge in [0, 0.05) is 6.20 Å². The summed E-state index contributed by atoms with van der Waals surface area (Å²) in [6, 6.07) is 2.50. The fraction of sp³-hybridized carbons (Fsp3) is 0.286. The fourth-order valence-corrected chi connectivity index (χ4v) is 0.716. The van der Waals surface area contributed by atoms with E-state index in [0.717, 1.165) is 6.07 Å². The van der Waals surface area contributed by atoms with Gasteiger partial charge >= 0.3 is 0 Å². The van der Waals surface area contributed by atoms with Crippen LogP contribution in [0, 0.1) is 5.82 Å². The highest BCUT2D eigenvalue weighted by Gasteiger charge is 2.12. The molecule has 0 amide bonds. The van der Waals surface area contributed by atoms with E-state index < -0.39 is 18.6 Å². The minimum atomic E-state index is -1.45. The lowest BCUT2D eigenvalue weighted by atomic mass is 10.2. The number of rotatable bonds is 2. The van der Waals surface area contributed by atoms with Crippen molar-refractivity contribution in [1.82, 2.24) is 4.98 Å². The summed E-state index contributed by atoms with van der Waals surface area (Å²) in [5, 5.41) is 8.83. The number of halogens is 2. The van der Waals surface area contributed by atoms with Gasteiger partial charge in [-0.1, -0.05) is 0 Å². The molecule has 0 spiro atoms. The van der Waals surface area contributed by atoms with Gasteiger partial charge in [0.05, 0.1) is 0 Å². The van der Waals surface area contributed by atoms with E-state index in [4.69, 9.17) is 5.11 Å². The second-order valence-corrected chi connectivity index (χ2v) is 2.04. The predicted octanol–water partition coefficient (Wildman–Crippen LogP) is 1.22. The first-order valence-corrected chi connectivity index (χ1v) is 3.10. The Kier molecular flexibility index (Phi) is 2.48. The van der Waals surface area contributed by atoms with Gasteiger partial charge < -0.3 is 5.11 Å². The van der Waals surface area contributed by atoms with Crippen molar-refractivity contribution in [2.75, 3.05) is 6.67 Å². The van der Waals surface area contributed by atoms with Crippen LogP contribution in [0.15, 0.2) is 18.3 Å². The van der Waals surface area contributed by atoms with E-state index in [1.165, 1.54) is 12.3 Å². The second kappa shape index (κ2) is 3.39. The van der Waals surface area contributed by atoms with Crippen molar-refractivity contribution in [3.63, 3.8) is 0 Å². The molecule has 1 aromatic rings. The Labute approximate surface area is 62.5 Å². The highest BCUT2D eigenvalue weighted by molar-refractivity contribution is 5.09. The molecule has 1 rings (SSSR count). The molecule has 1 unspecified atom stereocenters. The predicted molar refractivity (Wildman–Crippen MR) is 35.1 cm³/mol. The Balaban J connectivity index is 2.93. The second-order valence-electron chi connectivity index (χ2n) is 2.04. The van der Waals surface area contributed by atoms with Crippen LogP contribution in [0.25, 0.3) is 0 Å². The van der Waals surface area contributed by atoms with Crippen LogP contribution in [0.2, 0.25) is 0 Å². The van der Waals surface area contributed by atoms with Crippen molar-refractivity contribution >= 4 is 0 Å². The topological polar surface area (TPSA) is 33.1 Å². The molecule has 1 aromatic heterocycles. The first-order chi connectivity index (χ1) is 5.25. The molecule has 1 atom stereocenters. The highest BCUT2D eigenvalue weighted by atomic mass is 19.1. The summed E-state index contributed by atoms with van der Waals surface area (Å²) in [5.41, 5.74) is -0.241. The van der Waals surface area contributed by atoms with E-state index >= 15 is 0 Å². The van der Waals surface area contributed by atoms with Crippen molar-refractivity contribution in [2.45, 2.75) is 6.10 Å². The molecule has 2 nitrogen and oxygen atoms in total. The quantitative estimate of drug-likeness (QED) is 0.703. The summed E-state index contributed by atoms with van der Waals surface area (Å²) in [6.45, 7) is -1.02. The Hall–Kier alpha value is -1.03. The van der Waals surface area contributed by atoms with Gasteiger partial charge in [-0.25, -0.2) is 8.78 Å². The van der Waals surface area contributed by atoms with Gasteiger partial charge in [-0.05, 0) is 12.1 Å². The van der Waals surface area contributed by atoms with E-state index in [2.05, 4.69) is 4.98 Å². The van der Waals surface area contributed by atoms with Crippen molar-refractivity contribution in [3.8, 4) is 0 Å². The van der Waals surface area contributed by atoms with Crippen molar-refractivity contribution in [2.24, 2.45) is 0 Å². The van der Waals surface area contributed by atoms with E-state index in [-0.39, 0.29) is 5.69 Å². The number of pyridine rings is 1. The summed E-state index contributed by atoms with van der Waals surface area (Å²) in [6.07, 6.45) is -0.145. The molecular formula is C7H7F2NO. The van der Waals surface area contributed by atoms with E-state index in [9.17, 15) is 8.78 Å². The molecule has 0 aromatic carbocycles. The van der Waals surface area contributed by atoms with Crippen LogP contribution in [-0.4, -0.2) is 16.8 Å². The maximum atomic E-state index is 12.6. The normalized spacial score (nSPS) is 13.0. The summed E-state index contributed by atoms with van der Waals surface area (Å²) < 4.78 is 24.4. The molecule has 0 aliphatic rings. The largest absolute Gasteiger partial charge is 0.384 e. The molecule has 0 radical (unpaired) electrons. The average Bonchev–Trinajstić information content (AvgIpc) is 2.04. The molecule has 11 heavy (non-hydrogen) atoms. The zero-order chi connectivity index (χ0) is 8.27. The lowest BCUT2D eigenvalue weighted by Crippen LogP contribution is -2.04. The fourth-order valence-electron chi connectivity index (χ4n) is 0.716. The molecule has 1 heterocycles. The molecule has 1 N–H and O–H groups in total. The first-order valence-electron chi connectivity index (χ1n) is 3.10. The van der Waals surface area contributed by atoms with Crippen LogP contribution in [0.5, 0.6) is 0 Å². The standard InChI is InChI=1S/C7H7F2NO/c8-4-6(11)7-5(9)2-1-3-10-7/h1-3,6,11H,4H2. The molecular weight excluding hydrogens is 152 g/mol. The highest BCUT2D eigenvalue weighted by Crippen LogP contribution is 2.13. The van der Waals surface area contributed by atoms with Gasteiger partial charge in [0.1, 0.15) is 24.3 Å². The number of hydrogen-bond acceptors (Lipinski definition) is 2. The van der Waals surface area contributed by atoms with Crippen LogP contribution < -0.4 is 0 Å². The molecule has 4 heteroatoms. The Morgan fingerprint density at radius 1 is 1.64 bits per heavy atom. The third-order valence-electron chi connectivity index (χ3n) is 1.25. The molecule has 0 bridgehead atoms.